The fourth-order valence-corrected chi connectivity index (χ4v) is 2.21. The minimum atomic E-state index is -3.20. The van der Waals surface area contributed by atoms with Crippen molar-refractivity contribution in [2.24, 2.45) is 10.7 Å². The van der Waals surface area contributed by atoms with E-state index in [1.165, 1.54) is 6.92 Å². The standard InChI is InChI=1S/C10H11ClF2N2O2/c1-8(17)7(16)10(11,14)5-4-9(12,13)3-2-6(5)15-8/h2-4,7,16-17H,14H2,1H3. The zero-order valence-corrected chi connectivity index (χ0v) is 9.62. The van der Waals surface area contributed by atoms with Crippen LogP contribution >= 0.6 is 11.6 Å². The van der Waals surface area contributed by atoms with Crippen LogP contribution in [0.4, 0.5) is 8.78 Å². The van der Waals surface area contributed by atoms with Gasteiger partial charge in [-0.3, -0.25) is 0 Å². The van der Waals surface area contributed by atoms with Crippen LogP contribution < -0.4 is 5.73 Å². The summed E-state index contributed by atoms with van der Waals surface area (Å²) in [4.78, 5) is 1.74. The molecule has 7 heteroatoms. The Morgan fingerprint density at radius 2 is 2.12 bits per heavy atom. The second kappa shape index (κ2) is 3.35. The van der Waals surface area contributed by atoms with E-state index >= 15 is 0 Å². The first-order chi connectivity index (χ1) is 7.56. The third-order valence-corrected chi connectivity index (χ3v) is 3.16. The summed E-state index contributed by atoms with van der Waals surface area (Å²) in [6.45, 7) is 1.20. The molecule has 17 heavy (non-hydrogen) atoms. The van der Waals surface area contributed by atoms with Crippen LogP contribution in [0.3, 0.4) is 0 Å². The van der Waals surface area contributed by atoms with Crippen LogP contribution in [0, 0.1) is 0 Å². The van der Waals surface area contributed by atoms with Gasteiger partial charge in [0.25, 0.3) is 5.92 Å². The number of fused-ring (bicyclic) bond motifs is 1. The smallest absolute Gasteiger partial charge is 0.286 e. The van der Waals surface area contributed by atoms with E-state index in [1.807, 2.05) is 0 Å². The Hall–Kier alpha value is -0.820. The van der Waals surface area contributed by atoms with Gasteiger partial charge in [-0.15, -0.1) is 0 Å². The SMILES string of the molecule is CC1(O)N=C2C=CC(F)(F)C=C2C(N)(Cl)C1O. The predicted octanol–water partition coefficient (Wildman–Crippen LogP) is 0.536. The summed E-state index contributed by atoms with van der Waals surface area (Å²) in [5, 5.41) is 19.5. The number of hydrogen-bond acceptors (Lipinski definition) is 4. The lowest BCUT2D eigenvalue weighted by atomic mass is 9.84. The molecule has 3 atom stereocenters. The van der Waals surface area contributed by atoms with Gasteiger partial charge in [0, 0.05) is 5.57 Å². The monoisotopic (exact) mass is 264 g/mol. The van der Waals surface area contributed by atoms with E-state index in [0.29, 0.717) is 12.2 Å². The Bertz CT molecular complexity index is 455. The van der Waals surface area contributed by atoms with Gasteiger partial charge < -0.3 is 15.9 Å². The molecule has 1 heterocycles. The summed E-state index contributed by atoms with van der Waals surface area (Å²) in [5.41, 5.74) is 3.55. The van der Waals surface area contributed by atoms with E-state index in [-0.39, 0.29) is 11.3 Å². The number of hydrogen-bond donors (Lipinski definition) is 3. The van der Waals surface area contributed by atoms with E-state index in [1.54, 1.807) is 0 Å². The van der Waals surface area contributed by atoms with Gasteiger partial charge in [0.2, 0.25) is 0 Å². The molecule has 0 aromatic rings. The van der Waals surface area contributed by atoms with Gasteiger partial charge >= 0.3 is 0 Å². The average Bonchev–Trinajstić information content (AvgIpc) is 2.17. The highest BCUT2D eigenvalue weighted by atomic mass is 35.5. The minimum absolute atomic E-state index is 0.0451. The highest BCUT2D eigenvalue weighted by Gasteiger charge is 2.52. The first-order valence-corrected chi connectivity index (χ1v) is 5.23. The molecule has 0 amide bonds. The maximum atomic E-state index is 13.2. The van der Waals surface area contributed by atoms with Crippen LogP contribution in [0.5, 0.6) is 0 Å². The Morgan fingerprint density at radius 1 is 1.53 bits per heavy atom. The Balaban J connectivity index is 2.61. The number of rotatable bonds is 0. The molecule has 0 radical (unpaired) electrons. The maximum absolute atomic E-state index is 13.2. The highest BCUT2D eigenvalue weighted by Crippen LogP contribution is 2.40. The number of nitrogens with two attached hydrogens (primary N) is 1. The summed E-state index contributed by atoms with van der Waals surface area (Å²) in [6, 6.07) is 0. The molecule has 94 valence electrons. The normalized spacial score (nSPS) is 43.8. The molecule has 3 unspecified atom stereocenters. The molecule has 2 rings (SSSR count). The molecule has 0 bridgehead atoms. The van der Waals surface area contributed by atoms with Crippen molar-refractivity contribution in [2.45, 2.75) is 29.7 Å². The third kappa shape index (κ3) is 1.91. The summed E-state index contributed by atoms with van der Waals surface area (Å²) in [7, 11) is 0. The number of aliphatic hydroxyl groups is 2. The summed E-state index contributed by atoms with van der Waals surface area (Å²) in [6.07, 6.45) is 0.501. The average molecular weight is 265 g/mol. The van der Waals surface area contributed by atoms with Crippen LogP contribution in [-0.2, 0) is 0 Å². The second-order valence-electron chi connectivity index (χ2n) is 4.33. The topological polar surface area (TPSA) is 78.8 Å². The van der Waals surface area contributed by atoms with Crippen LogP contribution in [0.2, 0.25) is 0 Å². The lowest BCUT2D eigenvalue weighted by Crippen LogP contribution is -2.62. The Morgan fingerprint density at radius 3 is 2.71 bits per heavy atom. The molecular weight excluding hydrogens is 254 g/mol. The van der Waals surface area contributed by atoms with E-state index in [0.717, 1.165) is 6.08 Å². The quantitative estimate of drug-likeness (QED) is 0.441. The maximum Gasteiger partial charge on any atom is 0.286 e. The molecule has 1 aliphatic carbocycles. The van der Waals surface area contributed by atoms with E-state index < -0.39 is 22.7 Å². The summed E-state index contributed by atoms with van der Waals surface area (Å²) in [5.74, 6) is -3.20. The number of aliphatic hydroxyl groups excluding tert-OH is 1. The highest BCUT2D eigenvalue weighted by molar-refractivity contribution is 6.32. The van der Waals surface area contributed by atoms with Gasteiger partial charge in [0.1, 0.15) is 11.1 Å². The molecule has 0 saturated heterocycles. The number of halogens is 3. The molecule has 0 spiro atoms. The van der Waals surface area contributed by atoms with Gasteiger partial charge in [0.05, 0.1) is 5.71 Å². The molecule has 4 N–H and O–H groups in total. The molecule has 2 aliphatic rings. The Labute approximate surface area is 101 Å². The number of alkyl halides is 3. The zero-order valence-electron chi connectivity index (χ0n) is 8.86. The number of aliphatic imine (C=N–C) groups is 1. The van der Waals surface area contributed by atoms with Gasteiger partial charge in [-0.1, -0.05) is 11.6 Å². The molecule has 1 aliphatic heterocycles. The molecule has 0 saturated carbocycles. The van der Waals surface area contributed by atoms with Crippen LogP contribution in [0.15, 0.2) is 28.8 Å². The Kier molecular flexibility index (Phi) is 2.49. The van der Waals surface area contributed by atoms with Crippen molar-refractivity contribution in [1.29, 1.82) is 0 Å². The lowest BCUT2D eigenvalue weighted by Gasteiger charge is -2.42. The zero-order chi connectivity index (χ0) is 13.1. The number of nitrogens with zero attached hydrogens (tertiary/aromatic N) is 1. The third-order valence-electron chi connectivity index (χ3n) is 2.75. The summed E-state index contributed by atoms with van der Waals surface area (Å²) >= 11 is 5.86. The largest absolute Gasteiger partial charge is 0.384 e. The van der Waals surface area contributed by atoms with Crippen molar-refractivity contribution in [2.75, 3.05) is 0 Å². The van der Waals surface area contributed by atoms with E-state index in [9.17, 15) is 19.0 Å². The predicted molar refractivity (Wildman–Crippen MR) is 59.0 cm³/mol. The molecule has 0 aromatic carbocycles. The van der Waals surface area contributed by atoms with E-state index in [2.05, 4.69) is 4.99 Å². The van der Waals surface area contributed by atoms with Crippen molar-refractivity contribution in [1.82, 2.24) is 0 Å². The first-order valence-electron chi connectivity index (χ1n) is 4.85. The van der Waals surface area contributed by atoms with Crippen molar-refractivity contribution in [3.63, 3.8) is 0 Å². The van der Waals surface area contributed by atoms with Gasteiger partial charge in [-0.2, -0.15) is 8.78 Å². The minimum Gasteiger partial charge on any atom is -0.384 e. The fourth-order valence-electron chi connectivity index (χ4n) is 1.85. The molecular formula is C10H11ClF2N2O2. The van der Waals surface area contributed by atoms with Crippen molar-refractivity contribution < 1.29 is 19.0 Å². The molecule has 0 fully saturated rings. The van der Waals surface area contributed by atoms with Crippen LogP contribution in [0.1, 0.15) is 6.92 Å². The van der Waals surface area contributed by atoms with Gasteiger partial charge in [-0.05, 0) is 25.2 Å². The van der Waals surface area contributed by atoms with Crippen LogP contribution in [0.25, 0.3) is 0 Å². The first kappa shape index (κ1) is 12.6. The van der Waals surface area contributed by atoms with Crippen molar-refractivity contribution in [3.8, 4) is 0 Å². The molecule has 0 aromatic heterocycles. The second-order valence-corrected chi connectivity index (χ2v) is 4.95. The lowest BCUT2D eigenvalue weighted by molar-refractivity contribution is -0.0718. The summed E-state index contributed by atoms with van der Waals surface area (Å²) < 4.78 is 26.3. The van der Waals surface area contributed by atoms with Crippen molar-refractivity contribution >= 4 is 17.3 Å². The van der Waals surface area contributed by atoms with Gasteiger partial charge in [0.15, 0.2) is 5.72 Å². The van der Waals surface area contributed by atoms with Gasteiger partial charge in [-0.25, -0.2) is 4.99 Å². The molecule has 4 nitrogen and oxygen atoms in total. The van der Waals surface area contributed by atoms with E-state index in [4.69, 9.17) is 17.3 Å². The number of allylic oxidation sites excluding steroid dienone is 3. The van der Waals surface area contributed by atoms with Crippen molar-refractivity contribution in [3.05, 3.63) is 23.8 Å². The fraction of sp³-hybridized carbons (Fsp3) is 0.500. The van der Waals surface area contributed by atoms with Crippen LogP contribution in [-0.4, -0.2) is 38.7 Å².